The number of hydrogen-bond donors (Lipinski definition) is 1. The first-order valence-electron chi connectivity index (χ1n) is 7.31. The van der Waals surface area contributed by atoms with Crippen molar-refractivity contribution in [2.24, 2.45) is 0 Å². The lowest BCUT2D eigenvalue weighted by molar-refractivity contribution is -0.117. The minimum Gasteiger partial charge on any atom is -0.495 e. The molecule has 1 atom stereocenters. The second-order valence-electron chi connectivity index (χ2n) is 5.35. The molecule has 0 bridgehead atoms. The van der Waals surface area contributed by atoms with Gasteiger partial charge in [-0.05, 0) is 37.1 Å². The lowest BCUT2D eigenvalue weighted by Gasteiger charge is -2.15. The van der Waals surface area contributed by atoms with E-state index >= 15 is 0 Å². The molecular weight excluding hydrogens is 316 g/mol. The van der Waals surface area contributed by atoms with Gasteiger partial charge in [-0.1, -0.05) is 13.0 Å². The maximum atomic E-state index is 12.3. The number of rotatable bonds is 7. The van der Waals surface area contributed by atoms with Gasteiger partial charge < -0.3 is 10.1 Å². The third kappa shape index (κ3) is 5.07. The molecule has 0 aromatic heterocycles. The molecule has 0 fully saturated rings. The van der Waals surface area contributed by atoms with Crippen LogP contribution in [0.4, 0.5) is 0 Å². The number of carbonyl (C=O) groups excluding carboxylic acids is 1. The van der Waals surface area contributed by atoms with Crippen LogP contribution in [0.3, 0.4) is 0 Å². The molecule has 0 aliphatic rings. The topological polar surface area (TPSA) is 75.7 Å². The Morgan fingerprint density at radius 1 is 1.39 bits per heavy atom. The van der Waals surface area contributed by atoms with Crippen LogP contribution in [0.2, 0.25) is 0 Å². The molecule has 7 heteroatoms. The second kappa shape index (κ2) is 8.12. The Bertz CT molecular complexity index is 681. The SMILES string of the molecule is CCC(C)NC(=O)/C=C/c1ccc(OC)c(S(=O)(=O)N(C)C)c1. The van der Waals surface area contributed by atoms with Crippen molar-refractivity contribution in [3.8, 4) is 5.75 Å². The zero-order chi connectivity index (χ0) is 17.6. The van der Waals surface area contributed by atoms with Gasteiger partial charge in [0.25, 0.3) is 0 Å². The molecule has 0 radical (unpaired) electrons. The number of amides is 1. The molecule has 1 N–H and O–H groups in total. The fourth-order valence-corrected chi connectivity index (χ4v) is 2.84. The van der Waals surface area contributed by atoms with Gasteiger partial charge in [0.2, 0.25) is 15.9 Å². The molecule has 0 aliphatic carbocycles. The smallest absolute Gasteiger partial charge is 0.246 e. The van der Waals surface area contributed by atoms with Crippen molar-refractivity contribution < 1.29 is 17.9 Å². The van der Waals surface area contributed by atoms with Gasteiger partial charge in [0.1, 0.15) is 10.6 Å². The van der Waals surface area contributed by atoms with Crippen molar-refractivity contribution in [3.63, 3.8) is 0 Å². The lowest BCUT2D eigenvalue weighted by atomic mass is 10.2. The van der Waals surface area contributed by atoms with Gasteiger partial charge in [-0.3, -0.25) is 4.79 Å². The maximum absolute atomic E-state index is 12.3. The Kier molecular flexibility index (Phi) is 6.78. The van der Waals surface area contributed by atoms with E-state index in [4.69, 9.17) is 4.74 Å². The molecule has 23 heavy (non-hydrogen) atoms. The van der Waals surface area contributed by atoms with E-state index < -0.39 is 10.0 Å². The first-order chi connectivity index (χ1) is 10.7. The molecule has 0 heterocycles. The molecule has 6 nitrogen and oxygen atoms in total. The lowest BCUT2D eigenvalue weighted by Crippen LogP contribution is -2.30. The molecule has 0 saturated heterocycles. The number of hydrogen-bond acceptors (Lipinski definition) is 4. The van der Waals surface area contributed by atoms with Crippen molar-refractivity contribution in [1.29, 1.82) is 0 Å². The average Bonchev–Trinajstić information content (AvgIpc) is 2.52. The molecule has 0 saturated carbocycles. The summed E-state index contributed by atoms with van der Waals surface area (Å²) < 4.78 is 30.9. The van der Waals surface area contributed by atoms with Crippen molar-refractivity contribution >= 4 is 22.0 Å². The normalized spacial score (nSPS) is 13.3. The molecule has 1 amide bonds. The minimum atomic E-state index is -3.63. The number of nitrogens with zero attached hydrogens (tertiary/aromatic N) is 1. The van der Waals surface area contributed by atoms with E-state index in [2.05, 4.69) is 5.32 Å². The Labute approximate surface area is 138 Å². The largest absolute Gasteiger partial charge is 0.495 e. The van der Waals surface area contributed by atoms with Crippen molar-refractivity contribution in [2.75, 3.05) is 21.2 Å². The third-order valence-corrected chi connectivity index (χ3v) is 5.21. The first kappa shape index (κ1) is 19.2. The molecule has 1 aromatic carbocycles. The van der Waals surface area contributed by atoms with E-state index in [1.807, 2.05) is 13.8 Å². The van der Waals surface area contributed by atoms with Crippen LogP contribution in [-0.4, -0.2) is 45.9 Å². The second-order valence-corrected chi connectivity index (χ2v) is 7.47. The van der Waals surface area contributed by atoms with Gasteiger partial charge in [-0.2, -0.15) is 0 Å². The third-order valence-electron chi connectivity index (χ3n) is 3.37. The van der Waals surface area contributed by atoms with Crippen LogP contribution in [-0.2, 0) is 14.8 Å². The standard InChI is InChI=1S/C16H24N2O4S/c1-6-12(2)17-16(19)10-8-13-7-9-14(22-5)15(11-13)23(20,21)18(3)4/h7-12H,6H2,1-5H3,(H,17,19)/b10-8+. The summed E-state index contributed by atoms with van der Waals surface area (Å²) in [5.74, 6) is 0.0482. The van der Waals surface area contributed by atoms with Crippen LogP contribution in [0.25, 0.3) is 6.08 Å². The zero-order valence-corrected chi connectivity index (χ0v) is 15.0. The van der Waals surface area contributed by atoms with Crippen LogP contribution in [0.1, 0.15) is 25.8 Å². The summed E-state index contributed by atoms with van der Waals surface area (Å²) in [4.78, 5) is 11.8. The summed E-state index contributed by atoms with van der Waals surface area (Å²) in [6.45, 7) is 3.90. The quantitative estimate of drug-likeness (QED) is 0.769. The van der Waals surface area contributed by atoms with E-state index in [9.17, 15) is 13.2 Å². The number of benzene rings is 1. The summed E-state index contributed by atoms with van der Waals surface area (Å²) in [6.07, 6.45) is 3.80. The van der Waals surface area contributed by atoms with E-state index in [1.165, 1.54) is 33.3 Å². The van der Waals surface area contributed by atoms with Crippen LogP contribution < -0.4 is 10.1 Å². The molecule has 1 rings (SSSR count). The van der Waals surface area contributed by atoms with Gasteiger partial charge in [0.05, 0.1) is 7.11 Å². The van der Waals surface area contributed by atoms with Crippen LogP contribution in [0.15, 0.2) is 29.2 Å². The van der Waals surface area contributed by atoms with Crippen molar-refractivity contribution in [1.82, 2.24) is 9.62 Å². The predicted molar refractivity (Wildman–Crippen MR) is 90.8 cm³/mol. The number of ether oxygens (including phenoxy) is 1. The monoisotopic (exact) mass is 340 g/mol. The van der Waals surface area contributed by atoms with E-state index in [0.717, 1.165) is 10.7 Å². The van der Waals surface area contributed by atoms with E-state index in [1.54, 1.807) is 18.2 Å². The van der Waals surface area contributed by atoms with Gasteiger partial charge in [-0.25, -0.2) is 12.7 Å². The summed E-state index contributed by atoms with van der Waals surface area (Å²) >= 11 is 0. The predicted octanol–water partition coefficient (Wildman–Crippen LogP) is 1.87. The molecule has 0 aliphatic heterocycles. The molecule has 1 unspecified atom stereocenters. The van der Waals surface area contributed by atoms with Gasteiger partial charge in [0.15, 0.2) is 0 Å². The van der Waals surface area contributed by atoms with Crippen LogP contribution in [0.5, 0.6) is 5.75 Å². The summed E-state index contributed by atoms with van der Waals surface area (Å²) in [7, 11) is 0.696. The Morgan fingerprint density at radius 3 is 2.57 bits per heavy atom. The van der Waals surface area contributed by atoms with Crippen molar-refractivity contribution in [2.45, 2.75) is 31.2 Å². The highest BCUT2D eigenvalue weighted by Gasteiger charge is 2.22. The number of methoxy groups -OCH3 is 1. The minimum absolute atomic E-state index is 0.0643. The highest BCUT2D eigenvalue weighted by atomic mass is 32.2. The van der Waals surface area contributed by atoms with Gasteiger partial charge in [0, 0.05) is 26.2 Å². The first-order valence-corrected chi connectivity index (χ1v) is 8.75. The Balaban J connectivity index is 3.10. The Morgan fingerprint density at radius 2 is 2.04 bits per heavy atom. The molecule has 128 valence electrons. The summed E-state index contributed by atoms with van der Waals surface area (Å²) in [6, 6.07) is 4.84. The fraction of sp³-hybridized carbons (Fsp3) is 0.438. The van der Waals surface area contributed by atoms with Crippen LogP contribution >= 0.6 is 0 Å². The fourth-order valence-electron chi connectivity index (χ4n) is 1.76. The zero-order valence-electron chi connectivity index (χ0n) is 14.2. The van der Waals surface area contributed by atoms with Gasteiger partial charge >= 0.3 is 0 Å². The average molecular weight is 340 g/mol. The molecule has 1 aromatic rings. The highest BCUT2D eigenvalue weighted by molar-refractivity contribution is 7.89. The van der Waals surface area contributed by atoms with E-state index in [-0.39, 0.29) is 22.6 Å². The highest BCUT2D eigenvalue weighted by Crippen LogP contribution is 2.27. The number of carbonyl (C=O) groups is 1. The summed E-state index contributed by atoms with van der Waals surface area (Å²) in [5.41, 5.74) is 0.602. The van der Waals surface area contributed by atoms with Crippen LogP contribution in [0, 0.1) is 0 Å². The molecular formula is C16H24N2O4S. The maximum Gasteiger partial charge on any atom is 0.246 e. The molecule has 0 spiro atoms. The Hall–Kier alpha value is -1.86. The number of sulfonamides is 1. The number of nitrogens with one attached hydrogen (secondary N) is 1. The van der Waals surface area contributed by atoms with Crippen molar-refractivity contribution in [3.05, 3.63) is 29.8 Å². The summed E-state index contributed by atoms with van der Waals surface area (Å²) in [5, 5.41) is 2.81. The van der Waals surface area contributed by atoms with E-state index in [0.29, 0.717) is 5.56 Å². The van der Waals surface area contributed by atoms with Gasteiger partial charge in [-0.15, -0.1) is 0 Å².